The average Bonchev–Trinajstić information content (AvgIpc) is 2.73. The Morgan fingerprint density at radius 1 is 1.19 bits per heavy atom. The van der Waals surface area contributed by atoms with Crippen molar-refractivity contribution < 1.29 is 14.3 Å². The lowest BCUT2D eigenvalue weighted by Crippen LogP contribution is -2.36. The molecule has 0 aromatic heterocycles. The van der Waals surface area contributed by atoms with Gasteiger partial charge in [0.05, 0.1) is 25.9 Å². The molecule has 6 heteroatoms. The van der Waals surface area contributed by atoms with Crippen LogP contribution in [0.5, 0.6) is 5.75 Å². The first-order chi connectivity index (χ1) is 13.2. The topological polar surface area (TPSA) is 50.8 Å². The molecule has 0 saturated carbocycles. The van der Waals surface area contributed by atoms with Crippen molar-refractivity contribution in [1.29, 1.82) is 0 Å². The Balaban J connectivity index is 1.67. The number of methoxy groups -OCH3 is 1. The third-order valence-electron chi connectivity index (χ3n) is 4.71. The number of morpholine rings is 1. The molecule has 144 valence electrons. The van der Waals surface area contributed by atoms with Crippen LogP contribution in [0.15, 0.2) is 47.4 Å². The standard InChI is InChI=1S/C21H26N2O3S/c1-25-20-13-18(27-2)7-8-19(20)21(24)22-14-16-5-3-4-6-17(16)15-23-9-11-26-12-10-23/h3-8,13H,9-12,14-15H2,1-2H3,(H,22,24). The van der Waals surface area contributed by atoms with E-state index in [-0.39, 0.29) is 5.91 Å². The maximum atomic E-state index is 12.7. The zero-order valence-electron chi connectivity index (χ0n) is 15.9. The van der Waals surface area contributed by atoms with E-state index in [1.54, 1.807) is 18.9 Å². The molecule has 1 aliphatic heterocycles. The number of rotatable bonds is 7. The molecule has 1 N–H and O–H groups in total. The number of thioether (sulfide) groups is 1. The van der Waals surface area contributed by atoms with E-state index in [0.717, 1.165) is 43.3 Å². The molecule has 0 unspecified atom stereocenters. The molecule has 0 spiro atoms. The molecule has 27 heavy (non-hydrogen) atoms. The van der Waals surface area contributed by atoms with Crippen LogP contribution in [0.4, 0.5) is 0 Å². The van der Waals surface area contributed by atoms with Crippen LogP contribution in [0.2, 0.25) is 0 Å². The fraction of sp³-hybridized carbons (Fsp3) is 0.381. The summed E-state index contributed by atoms with van der Waals surface area (Å²) in [4.78, 5) is 16.1. The number of carbonyl (C=O) groups excluding carboxylic acids is 1. The Bertz CT molecular complexity index is 776. The van der Waals surface area contributed by atoms with E-state index < -0.39 is 0 Å². The fourth-order valence-electron chi connectivity index (χ4n) is 3.14. The lowest BCUT2D eigenvalue weighted by molar-refractivity contribution is 0.0340. The van der Waals surface area contributed by atoms with Crippen molar-refractivity contribution in [2.24, 2.45) is 0 Å². The molecule has 1 heterocycles. The van der Waals surface area contributed by atoms with Crippen LogP contribution in [-0.2, 0) is 17.8 Å². The van der Waals surface area contributed by atoms with Gasteiger partial charge in [-0.3, -0.25) is 9.69 Å². The molecular weight excluding hydrogens is 360 g/mol. The summed E-state index contributed by atoms with van der Waals surface area (Å²) < 4.78 is 10.8. The predicted octanol–water partition coefficient (Wildman–Crippen LogP) is 3.18. The highest BCUT2D eigenvalue weighted by atomic mass is 32.2. The van der Waals surface area contributed by atoms with Crippen molar-refractivity contribution in [2.45, 2.75) is 18.0 Å². The predicted molar refractivity (Wildman–Crippen MR) is 108 cm³/mol. The van der Waals surface area contributed by atoms with Crippen molar-refractivity contribution in [2.75, 3.05) is 39.7 Å². The van der Waals surface area contributed by atoms with E-state index in [1.807, 2.05) is 36.6 Å². The first kappa shape index (κ1) is 19.7. The lowest BCUT2D eigenvalue weighted by Gasteiger charge is -2.27. The van der Waals surface area contributed by atoms with Crippen LogP contribution in [0.3, 0.4) is 0 Å². The summed E-state index contributed by atoms with van der Waals surface area (Å²) in [6, 6.07) is 13.9. The molecule has 2 aromatic rings. The molecule has 0 bridgehead atoms. The third kappa shape index (κ3) is 5.25. The Kier molecular flexibility index (Phi) is 7.15. The van der Waals surface area contributed by atoms with Crippen molar-refractivity contribution >= 4 is 17.7 Å². The van der Waals surface area contributed by atoms with Crippen LogP contribution in [0, 0.1) is 0 Å². The minimum Gasteiger partial charge on any atom is -0.496 e. The number of nitrogens with one attached hydrogen (secondary N) is 1. The Morgan fingerprint density at radius 2 is 1.93 bits per heavy atom. The van der Waals surface area contributed by atoms with E-state index in [2.05, 4.69) is 22.3 Å². The summed E-state index contributed by atoms with van der Waals surface area (Å²) in [6.07, 6.45) is 2.00. The van der Waals surface area contributed by atoms with E-state index in [9.17, 15) is 4.79 Å². The van der Waals surface area contributed by atoms with Crippen molar-refractivity contribution in [3.05, 3.63) is 59.2 Å². The van der Waals surface area contributed by atoms with Gasteiger partial charge in [0.25, 0.3) is 5.91 Å². The second-order valence-corrected chi connectivity index (χ2v) is 7.29. The van der Waals surface area contributed by atoms with Gasteiger partial charge in [0.15, 0.2) is 0 Å². The Hall–Kier alpha value is -2.02. The number of hydrogen-bond donors (Lipinski definition) is 1. The Labute approximate surface area is 165 Å². The van der Waals surface area contributed by atoms with Gasteiger partial charge >= 0.3 is 0 Å². The van der Waals surface area contributed by atoms with Crippen molar-refractivity contribution in [1.82, 2.24) is 10.2 Å². The molecular formula is C21H26N2O3S. The molecule has 1 aliphatic rings. The monoisotopic (exact) mass is 386 g/mol. The second-order valence-electron chi connectivity index (χ2n) is 6.41. The molecule has 5 nitrogen and oxygen atoms in total. The maximum Gasteiger partial charge on any atom is 0.255 e. The highest BCUT2D eigenvalue weighted by molar-refractivity contribution is 7.98. The summed E-state index contributed by atoms with van der Waals surface area (Å²) in [6.45, 7) is 4.82. The molecule has 0 atom stereocenters. The number of amides is 1. The molecule has 1 fully saturated rings. The maximum absolute atomic E-state index is 12.7. The van der Waals surface area contributed by atoms with Gasteiger partial charge in [-0.1, -0.05) is 24.3 Å². The number of ether oxygens (including phenoxy) is 2. The number of nitrogens with zero attached hydrogens (tertiary/aromatic N) is 1. The molecule has 2 aromatic carbocycles. The molecule has 0 radical (unpaired) electrons. The van der Waals surface area contributed by atoms with E-state index >= 15 is 0 Å². The smallest absolute Gasteiger partial charge is 0.255 e. The van der Waals surface area contributed by atoms with Crippen molar-refractivity contribution in [3.8, 4) is 5.75 Å². The van der Waals surface area contributed by atoms with E-state index in [4.69, 9.17) is 9.47 Å². The first-order valence-electron chi connectivity index (χ1n) is 9.08. The average molecular weight is 387 g/mol. The second kappa shape index (κ2) is 9.78. The SMILES string of the molecule is COc1cc(SC)ccc1C(=O)NCc1ccccc1CN1CCOCC1. The number of benzene rings is 2. The van der Waals surface area contributed by atoms with Crippen molar-refractivity contribution in [3.63, 3.8) is 0 Å². The van der Waals surface area contributed by atoms with Gasteiger partial charge in [-0.05, 0) is 35.6 Å². The molecule has 3 rings (SSSR count). The summed E-state index contributed by atoms with van der Waals surface area (Å²) in [5, 5.41) is 3.04. The number of carbonyl (C=O) groups is 1. The van der Waals surface area contributed by atoms with Crippen LogP contribution in [-0.4, -0.2) is 50.5 Å². The number of hydrogen-bond acceptors (Lipinski definition) is 5. The summed E-state index contributed by atoms with van der Waals surface area (Å²) >= 11 is 1.62. The van der Waals surface area contributed by atoms with Gasteiger partial charge in [0.1, 0.15) is 5.75 Å². The molecule has 1 saturated heterocycles. The normalized spacial score (nSPS) is 14.7. The minimum absolute atomic E-state index is 0.124. The van der Waals surface area contributed by atoms with Gasteiger partial charge in [-0.2, -0.15) is 0 Å². The summed E-state index contributed by atoms with van der Waals surface area (Å²) in [5.41, 5.74) is 2.93. The quantitative estimate of drug-likeness (QED) is 0.741. The zero-order chi connectivity index (χ0) is 19.1. The van der Waals surface area contributed by atoms with E-state index in [1.165, 1.54) is 5.56 Å². The van der Waals surface area contributed by atoms with Crippen LogP contribution in [0.25, 0.3) is 0 Å². The third-order valence-corrected chi connectivity index (χ3v) is 5.43. The van der Waals surface area contributed by atoms with Crippen LogP contribution < -0.4 is 10.1 Å². The largest absolute Gasteiger partial charge is 0.496 e. The molecule has 0 aliphatic carbocycles. The van der Waals surface area contributed by atoms with Crippen LogP contribution in [0.1, 0.15) is 21.5 Å². The van der Waals surface area contributed by atoms with Gasteiger partial charge in [0.2, 0.25) is 0 Å². The van der Waals surface area contributed by atoms with Gasteiger partial charge in [-0.15, -0.1) is 11.8 Å². The Morgan fingerprint density at radius 3 is 2.63 bits per heavy atom. The van der Waals surface area contributed by atoms with E-state index in [0.29, 0.717) is 17.9 Å². The van der Waals surface area contributed by atoms with Gasteiger partial charge in [0, 0.05) is 31.1 Å². The molecule has 1 amide bonds. The minimum atomic E-state index is -0.124. The highest BCUT2D eigenvalue weighted by Gasteiger charge is 2.15. The first-order valence-corrected chi connectivity index (χ1v) is 10.3. The van der Waals surface area contributed by atoms with Crippen LogP contribution >= 0.6 is 11.8 Å². The lowest BCUT2D eigenvalue weighted by atomic mass is 10.1. The summed E-state index contributed by atoms with van der Waals surface area (Å²) in [5.74, 6) is 0.474. The fourth-order valence-corrected chi connectivity index (χ4v) is 3.57. The van der Waals surface area contributed by atoms with Gasteiger partial charge < -0.3 is 14.8 Å². The highest BCUT2D eigenvalue weighted by Crippen LogP contribution is 2.25. The zero-order valence-corrected chi connectivity index (χ0v) is 16.7. The van der Waals surface area contributed by atoms with Gasteiger partial charge in [-0.25, -0.2) is 0 Å². The summed E-state index contributed by atoms with van der Waals surface area (Å²) in [7, 11) is 1.59.